The van der Waals surface area contributed by atoms with Crippen LogP contribution in [0.15, 0.2) is 30.3 Å². The van der Waals surface area contributed by atoms with Crippen molar-refractivity contribution in [1.29, 1.82) is 0 Å². The summed E-state index contributed by atoms with van der Waals surface area (Å²) in [6, 6.07) is 10.8. The van der Waals surface area contributed by atoms with Gasteiger partial charge in [-0.3, -0.25) is 0 Å². The van der Waals surface area contributed by atoms with E-state index in [2.05, 4.69) is 74.6 Å². The van der Waals surface area contributed by atoms with E-state index in [1.165, 1.54) is 17.1 Å². The lowest BCUT2D eigenvalue weighted by atomic mass is 10.1. The van der Waals surface area contributed by atoms with Gasteiger partial charge in [0, 0.05) is 0 Å². The lowest BCUT2D eigenvalue weighted by Gasteiger charge is -2.27. The monoisotopic (exact) mass is 240 g/mol. The smallest absolute Gasteiger partial charge is 0.0622 e. The molecule has 2 heteroatoms. The molecular formula is C13H20S2. The summed E-state index contributed by atoms with van der Waals surface area (Å²) in [6.07, 6.45) is 1.16. The molecule has 0 fully saturated rings. The third-order valence-electron chi connectivity index (χ3n) is 2.27. The van der Waals surface area contributed by atoms with Gasteiger partial charge in [0.1, 0.15) is 0 Å². The van der Waals surface area contributed by atoms with E-state index in [0.29, 0.717) is 4.08 Å². The number of rotatable bonds is 6. The van der Waals surface area contributed by atoms with E-state index in [0.717, 1.165) is 6.42 Å². The molecule has 0 radical (unpaired) electrons. The average molecular weight is 240 g/mol. The predicted molar refractivity (Wildman–Crippen MR) is 74.8 cm³/mol. The zero-order valence-electron chi connectivity index (χ0n) is 9.82. The zero-order valence-corrected chi connectivity index (χ0v) is 11.5. The quantitative estimate of drug-likeness (QED) is 0.674. The fourth-order valence-corrected chi connectivity index (χ4v) is 4.52. The highest BCUT2D eigenvalue weighted by atomic mass is 32.2. The normalized spacial score (nSPS) is 11.7. The second kappa shape index (κ2) is 6.49. The maximum atomic E-state index is 2.36. The van der Waals surface area contributed by atoms with Crippen molar-refractivity contribution >= 4 is 23.5 Å². The maximum Gasteiger partial charge on any atom is 0.0622 e. The molecule has 0 bridgehead atoms. The van der Waals surface area contributed by atoms with E-state index in [1.54, 1.807) is 0 Å². The average Bonchev–Trinajstić information content (AvgIpc) is 2.19. The summed E-state index contributed by atoms with van der Waals surface area (Å²) in [5.41, 5.74) is 1.45. The first-order valence-electron chi connectivity index (χ1n) is 5.52. The minimum Gasteiger partial charge on any atom is -0.144 e. The summed E-state index contributed by atoms with van der Waals surface area (Å²) in [5.74, 6) is 2.38. The van der Waals surface area contributed by atoms with Crippen molar-refractivity contribution in [3.8, 4) is 0 Å². The first kappa shape index (κ1) is 13.0. The summed E-state index contributed by atoms with van der Waals surface area (Å²) in [5, 5.41) is 0. The van der Waals surface area contributed by atoms with E-state index < -0.39 is 0 Å². The summed E-state index contributed by atoms with van der Waals surface area (Å²) in [7, 11) is 0. The van der Waals surface area contributed by atoms with Crippen molar-refractivity contribution in [2.24, 2.45) is 0 Å². The first-order valence-corrected chi connectivity index (χ1v) is 7.49. The summed E-state index contributed by atoms with van der Waals surface area (Å²) < 4.78 is 0.338. The second-order valence-electron chi connectivity index (χ2n) is 3.66. The molecule has 1 rings (SSSR count). The minimum absolute atomic E-state index is 0.338. The lowest BCUT2D eigenvalue weighted by Crippen LogP contribution is -2.19. The van der Waals surface area contributed by atoms with Gasteiger partial charge in [-0.1, -0.05) is 44.2 Å². The molecule has 0 saturated heterocycles. The Morgan fingerprint density at radius 2 is 1.53 bits per heavy atom. The largest absolute Gasteiger partial charge is 0.144 e. The van der Waals surface area contributed by atoms with Crippen LogP contribution in [0.2, 0.25) is 0 Å². The van der Waals surface area contributed by atoms with Crippen molar-refractivity contribution in [3.63, 3.8) is 0 Å². The molecule has 0 aliphatic rings. The number of benzene rings is 1. The van der Waals surface area contributed by atoms with Gasteiger partial charge in [0.05, 0.1) is 4.08 Å². The molecule has 84 valence electrons. The standard InChI is InChI=1S/C13H20S2/c1-4-14-13(3,15-5-2)11-12-9-7-6-8-10-12/h6-10H,4-5,11H2,1-3H3. The Morgan fingerprint density at radius 3 is 2.00 bits per heavy atom. The van der Waals surface area contributed by atoms with Gasteiger partial charge in [-0.25, -0.2) is 0 Å². The van der Waals surface area contributed by atoms with Crippen LogP contribution in [-0.2, 0) is 6.42 Å². The fraction of sp³-hybridized carbons (Fsp3) is 0.538. The Kier molecular flexibility index (Phi) is 5.62. The van der Waals surface area contributed by atoms with E-state index in [-0.39, 0.29) is 0 Å². The second-order valence-corrected chi connectivity index (χ2v) is 7.45. The molecule has 0 unspecified atom stereocenters. The molecular weight excluding hydrogens is 220 g/mol. The van der Waals surface area contributed by atoms with Crippen molar-refractivity contribution in [2.45, 2.75) is 31.3 Å². The number of hydrogen-bond donors (Lipinski definition) is 0. The van der Waals surface area contributed by atoms with Gasteiger partial charge in [-0.15, -0.1) is 23.5 Å². The molecule has 1 aromatic carbocycles. The van der Waals surface area contributed by atoms with Gasteiger partial charge in [0.2, 0.25) is 0 Å². The molecule has 0 aliphatic carbocycles. The van der Waals surface area contributed by atoms with E-state index in [9.17, 15) is 0 Å². The molecule has 0 heterocycles. The number of thioether (sulfide) groups is 2. The van der Waals surface area contributed by atoms with Gasteiger partial charge < -0.3 is 0 Å². The molecule has 0 N–H and O–H groups in total. The molecule has 0 atom stereocenters. The Labute approximate surface area is 102 Å². The first-order chi connectivity index (χ1) is 7.20. The van der Waals surface area contributed by atoms with Crippen LogP contribution in [0.1, 0.15) is 26.3 Å². The molecule has 0 nitrogen and oxygen atoms in total. The van der Waals surface area contributed by atoms with Crippen LogP contribution < -0.4 is 0 Å². The van der Waals surface area contributed by atoms with Crippen LogP contribution in [0.4, 0.5) is 0 Å². The molecule has 0 saturated carbocycles. The van der Waals surface area contributed by atoms with Crippen LogP contribution in [0, 0.1) is 0 Å². The topological polar surface area (TPSA) is 0 Å². The van der Waals surface area contributed by atoms with Gasteiger partial charge >= 0.3 is 0 Å². The van der Waals surface area contributed by atoms with Crippen molar-refractivity contribution in [1.82, 2.24) is 0 Å². The highest BCUT2D eigenvalue weighted by Crippen LogP contribution is 2.39. The van der Waals surface area contributed by atoms with Crippen LogP contribution in [0.3, 0.4) is 0 Å². The Bertz CT molecular complexity index is 263. The molecule has 15 heavy (non-hydrogen) atoms. The Hall–Kier alpha value is -0.0800. The summed E-state index contributed by atoms with van der Waals surface area (Å²) in [4.78, 5) is 0. The van der Waals surface area contributed by atoms with Crippen LogP contribution in [0.25, 0.3) is 0 Å². The SMILES string of the molecule is CCSC(C)(Cc1ccccc1)SCC. The predicted octanol–water partition coefficient (Wildman–Crippen LogP) is 4.45. The van der Waals surface area contributed by atoms with E-state index in [4.69, 9.17) is 0 Å². The lowest BCUT2D eigenvalue weighted by molar-refractivity contribution is 0.879. The van der Waals surface area contributed by atoms with E-state index in [1.807, 2.05) is 0 Å². The van der Waals surface area contributed by atoms with E-state index >= 15 is 0 Å². The third-order valence-corrected chi connectivity index (χ3v) is 5.06. The molecule has 0 amide bonds. The van der Waals surface area contributed by atoms with Gasteiger partial charge in [0.25, 0.3) is 0 Å². The summed E-state index contributed by atoms with van der Waals surface area (Å²) in [6.45, 7) is 6.84. The highest BCUT2D eigenvalue weighted by molar-refractivity contribution is 8.18. The number of hydrogen-bond acceptors (Lipinski definition) is 2. The van der Waals surface area contributed by atoms with Crippen molar-refractivity contribution in [2.75, 3.05) is 11.5 Å². The fourth-order valence-electron chi connectivity index (χ4n) is 1.72. The maximum absolute atomic E-state index is 2.36. The zero-order chi connectivity index (χ0) is 11.1. The Balaban J connectivity index is 2.66. The molecule has 0 aliphatic heterocycles. The molecule has 0 aromatic heterocycles. The van der Waals surface area contributed by atoms with Crippen LogP contribution >= 0.6 is 23.5 Å². The third kappa shape index (κ3) is 4.52. The van der Waals surface area contributed by atoms with Gasteiger partial charge in [-0.05, 0) is 30.4 Å². The summed E-state index contributed by atoms with van der Waals surface area (Å²) >= 11 is 4.12. The highest BCUT2D eigenvalue weighted by Gasteiger charge is 2.24. The van der Waals surface area contributed by atoms with Crippen LogP contribution in [0.5, 0.6) is 0 Å². The molecule has 0 spiro atoms. The van der Waals surface area contributed by atoms with Crippen molar-refractivity contribution in [3.05, 3.63) is 35.9 Å². The van der Waals surface area contributed by atoms with Crippen molar-refractivity contribution < 1.29 is 0 Å². The van der Waals surface area contributed by atoms with Gasteiger partial charge in [-0.2, -0.15) is 0 Å². The van der Waals surface area contributed by atoms with Crippen LogP contribution in [-0.4, -0.2) is 15.6 Å². The molecule has 1 aromatic rings. The minimum atomic E-state index is 0.338. The Morgan fingerprint density at radius 1 is 1.00 bits per heavy atom. The van der Waals surface area contributed by atoms with Gasteiger partial charge in [0.15, 0.2) is 0 Å².